The number of aryl methyl sites for hydroxylation is 2. The number of carbonyl (C=O) groups is 1. The summed E-state index contributed by atoms with van der Waals surface area (Å²) in [5.74, 6) is 0.0327. The molecule has 104 valence electrons. The molecule has 2 heteroatoms. The molecular formula is C18H20O2. The van der Waals surface area contributed by atoms with Gasteiger partial charge in [0.15, 0.2) is 5.78 Å². The second kappa shape index (κ2) is 6.49. The first kappa shape index (κ1) is 14.5. The Morgan fingerprint density at radius 3 is 2.45 bits per heavy atom. The molecule has 2 aromatic carbocycles. The molecular weight excluding hydrogens is 248 g/mol. The molecule has 0 fully saturated rings. The third-order valence-electron chi connectivity index (χ3n) is 3.42. The van der Waals surface area contributed by atoms with Gasteiger partial charge in [-0.1, -0.05) is 54.1 Å². The topological polar surface area (TPSA) is 26.3 Å². The van der Waals surface area contributed by atoms with Crippen molar-refractivity contribution in [3.8, 4) is 0 Å². The first-order valence-electron chi connectivity index (χ1n) is 6.85. The minimum absolute atomic E-state index is 0.0327. The SMILES string of the molecule is Cc1ccc(C(=O)COC(C)c2ccccc2)c(C)c1. The van der Waals surface area contributed by atoms with Crippen molar-refractivity contribution in [3.05, 3.63) is 70.8 Å². The smallest absolute Gasteiger partial charge is 0.188 e. The summed E-state index contributed by atoms with van der Waals surface area (Å²) in [6, 6.07) is 15.8. The van der Waals surface area contributed by atoms with E-state index in [-0.39, 0.29) is 18.5 Å². The van der Waals surface area contributed by atoms with Gasteiger partial charge in [0.05, 0.1) is 6.10 Å². The fourth-order valence-corrected chi connectivity index (χ4v) is 2.23. The van der Waals surface area contributed by atoms with Crippen LogP contribution in [0.3, 0.4) is 0 Å². The number of benzene rings is 2. The van der Waals surface area contributed by atoms with Crippen LogP contribution in [0, 0.1) is 13.8 Å². The molecule has 0 N–H and O–H groups in total. The Morgan fingerprint density at radius 2 is 1.80 bits per heavy atom. The maximum Gasteiger partial charge on any atom is 0.188 e. The van der Waals surface area contributed by atoms with Crippen LogP contribution in [0.1, 0.15) is 40.1 Å². The Morgan fingerprint density at radius 1 is 1.10 bits per heavy atom. The molecule has 0 aliphatic heterocycles. The lowest BCUT2D eigenvalue weighted by Gasteiger charge is -2.13. The Balaban J connectivity index is 1.99. The number of hydrogen-bond acceptors (Lipinski definition) is 2. The molecule has 0 aromatic heterocycles. The van der Waals surface area contributed by atoms with Crippen molar-refractivity contribution in [3.63, 3.8) is 0 Å². The van der Waals surface area contributed by atoms with Crippen LogP contribution in [-0.4, -0.2) is 12.4 Å². The van der Waals surface area contributed by atoms with Gasteiger partial charge in [-0.25, -0.2) is 0 Å². The average Bonchev–Trinajstić information content (AvgIpc) is 2.45. The van der Waals surface area contributed by atoms with E-state index in [4.69, 9.17) is 4.74 Å². The third kappa shape index (κ3) is 3.55. The lowest BCUT2D eigenvalue weighted by Crippen LogP contribution is -2.12. The molecule has 0 heterocycles. The summed E-state index contributed by atoms with van der Waals surface area (Å²) in [7, 11) is 0. The van der Waals surface area contributed by atoms with Gasteiger partial charge in [-0.3, -0.25) is 4.79 Å². The van der Waals surface area contributed by atoms with Crippen molar-refractivity contribution in [1.82, 2.24) is 0 Å². The number of hydrogen-bond donors (Lipinski definition) is 0. The zero-order chi connectivity index (χ0) is 14.5. The van der Waals surface area contributed by atoms with Crippen LogP contribution < -0.4 is 0 Å². The predicted molar refractivity (Wildman–Crippen MR) is 81.1 cm³/mol. The number of Topliss-reactive ketones (excluding diaryl/α,β-unsaturated/α-hetero) is 1. The minimum atomic E-state index is -0.0779. The summed E-state index contributed by atoms with van der Waals surface area (Å²) in [5.41, 5.74) is 4.00. The van der Waals surface area contributed by atoms with Crippen LogP contribution in [-0.2, 0) is 4.74 Å². The summed E-state index contributed by atoms with van der Waals surface area (Å²) in [4.78, 5) is 12.2. The van der Waals surface area contributed by atoms with Crippen molar-refractivity contribution in [2.24, 2.45) is 0 Å². The Labute approximate surface area is 120 Å². The number of ketones is 1. The largest absolute Gasteiger partial charge is 0.366 e. The molecule has 1 atom stereocenters. The van der Waals surface area contributed by atoms with Gasteiger partial charge >= 0.3 is 0 Å². The zero-order valence-electron chi connectivity index (χ0n) is 12.2. The van der Waals surface area contributed by atoms with Crippen molar-refractivity contribution in [2.45, 2.75) is 26.9 Å². The summed E-state index contributed by atoms with van der Waals surface area (Å²) < 4.78 is 5.68. The molecule has 2 aromatic rings. The minimum Gasteiger partial charge on any atom is -0.366 e. The second-order valence-corrected chi connectivity index (χ2v) is 5.11. The van der Waals surface area contributed by atoms with Crippen LogP contribution in [0.2, 0.25) is 0 Å². The number of carbonyl (C=O) groups excluding carboxylic acids is 1. The van der Waals surface area contributed by atoms with Crippen LogP contribution in [0.15, 0.2) is 48.5 Å². The predicted octanol–water partition coefficient (Wildman–Crippen LogP) is 4.26. The molecule has 0 saturated heterocycles. The van der Waals surface area contributed by atoms with E-state index in [1.165, 1.54) is 0 Å². The number of ether oxygens (including phenoxy) is 1. The van der Waals surface area contributed by atoms with Gasteiger partial charge in [-0.2, -0.15) is 0 Å². The fraction of sp³-hybridized carbons (Fsp3) is 0.278. The fourth-order valence-electron chi connectivity index (χ4n) is 2.23. The van der Waals surface area contributed by atoms with Gasteiger partial charge in [-0.15, -0.1) is 0 Å². The van der Waals surface area contributed by atoms with E-state index in [1.807, 2.05) is 69.3 Å². The van der Waals surface area contributed by atoms with Crippen LogP contribution in [0.4, 0.5) is 0 Å². The molecule has 0 radical (unpaired) electrons. The molecule has 20 heavy (non-hydrogen) atoms. The van der Waals surface area contributed by atoms with Gasteiger partial charge in [0, 0.05) is 5.56 Å². The van der Waals surface area contributed by atoms with Crippen molar-refractivity contribution in [2.75, 3.05) is 6.61 Å². The zero-order valence-corrected chi connectivity index (χ0v) is 12.2. The lowest BCUT2D eigenvalue weighted by atomic mass is 10.0. The van der Waals surface area contributed by atoms with Gasteiger partial charge in [-0.05, 0) is 31.9 Å². The highest BCUT2D eigenvalue weighted by Gasteiger charge is 2.12. The maximum atomic E-state index is 12.2. The molecule has 0 amide bonds. The van der Waals surface area contributed by atoms with E-state index in [1.54, 1.807) is 0 Å². The van der Waals surface area contributed by atoms with E-state index < -0.39 is 0 Å². The number of rotatable bonds is 5. The highest BCUT2D eigenvalue weighted by Crippen LogP contribution is 2.17. The van der Waals surface area contributed by atoms with E-state index in [2.05, 4.69) is 0 Å². The quantitative estimate of drug-likeness (QED) is 0.757. The van der Waals surface area contributed by atoms with Gasteiger partial charge in [0.1, 0.15) is 6.61 Å². The highest BCUT2D eigenvalue weighted by atomic mass is 16.5. The summed E-state index contributed by atoms with van der Waals surface area (Å²) in [6.07, 6.45) is -0.0779. The molecule has 2 nitrogen and oxygen atoms in total. The molecule has 2 rings (SSSR count). The summed E-state index contributed by atoms with van der Waals surface area (Å²) in [5, 5.41) is 0. The van der Waals surface area contributed by atoms with E-state index in [0.29, 0.717) is 0 Å². The average molecular weight is 268 g/mol. The third-order valence-corrected chi connectivity index (χ3v) is 3.42. The Hall–Kier alpha value is -1.93. The Bertz CT molecular complexity index is 588. The molecule has 0 aliphatic rings. The molecule has 0 spiro atoms. The summed E-state index contributed by atoms with van der Waals surface area (Å²) in [6.45, 7) is 6.06. The van der Waals surface area contributed by atoms with Crippen LogP contribution in [0.25, 0.3) is 0 Å². The normalized spacial score (nSPS) is 12.2. The van der Waals surface area contributed by atoms with E-state index in [9.17, 15) is 4.79 Å². The molecule has 0 saturated carbocycles. The molecule has 0 bridgehead atoms. The van der Waals surface area contributed by atoms with E-state index >= 15 is 0 Å². The van der Waals surface area contributed by atoms with Crippen molar-refractivity contribution in [1.29, 1.82) is 0 Å². The first-order valence-corrected chi connectivity index (χ1v) is 6.85. The van der Waals surface area contributed by atoms with Gasteiger partial charge in [0.2, 0.25) is 0 Å². The lowest BCUT2D eigenvalue weighted by molar-refractivity contribution is 0.0520. The summed E-state index contributed by atoms with van der Waals surface area (Å²) >= 11 is 0. The maximum absolute atomic E-state index is 12.2. The second-order valence-electron chi connectivity index (χ2n) is 5.11. The van der Waals surface area contributed by atoms with Gasteiger partial charge in [0.25, 0.3) is 0 Å². The first-order chi connectivity index (χ1) is 9.58. The Kier molecular flexibility index (Phi) is 4.70. The van der Waals surface area contributed by atoms with Crippen molar-refractivity contribution >= 4 is 5.78 Å². The van der Waals surface area contributed by atoms with Crippen LogP contribution in [0.5, 0.6) is 0 Å². The molecule has 1 unspecified atom stereocenters. The molecule has 0 aliphatic carbocycles. The van der Waals surface area contributed by atoms with Crippen molar-refractivity contribution < 1.29 is 9.53 Å². The van der Waals surface area contributed by atoms with Crippen LogP contribution >= 0.6 is 0 Å². The monoisotopic (exact) mass is 268 g/mol. The standard InChI is InChI=1S/C18H20O2/c1-13-9-10-17(14(2)11-13)18(19)12-20-15(3)16-7-5-4-6-8-16/h4-11,15H,12H2,1-3H3. The van der Waals surface area contributed by atoms with E-state index in [0.717, 1.165) is 22.3 Å². The highest BCUT2D eigenvalue weighted by molar-refractivity contribution is 5.98. The van der Waals surface area contributed by atoms with Gasteiger partial charge < -0.3 is 4.74 Å².